The van der Waals surface area contributed by atoms with Crippen LogP contribution in [0.1, 0.15) is 29.8 Å². The van der Waals surface area contributed by atoms with Gasteiger partial charge in [0.2, 0.25) is 0 Å². The smallest absolute Gasteiger partial charge is 0.123 e. The van der Waals surface area contributed by atoms with Gasteiger partial charge in [-0.05, 0) is 30.5 Å². The molecule has 5 heteroatoms. The van der Waals surface area contributed by atoms with Crippen molar-refractivity contribution in [1.82, 2.24) is 9.78 Å². The summed E-state index contributed by atoms with van der Waals surface area (Å²) in [5.74, 6) is 0.180. The fraction of sp³-hybridized carbons (Fsp3) is 0.400. The zero-order valence-electron chi connectivity index (χ0n) is 11.5. The zero-order chi connectivity index (χ0) is 14.7. The lowest BCUT2D eigenvalue weighted by Crippen LogP contribution is -2.09. The number of benzene rings is 1. The first kappa shape index (κ1) is 15.3. The Morgan fingerprint density at radius 3 is 2.70 bits per heavy atom. The monoisotopic (exact) mass is 314 g/mol. The van der Waals surface area contributed by atoms with Gasteiger partial charge in [-0.3, -0.25) is 4.68 Å². The van der Waals surface area contributed by atoms with Crippen LogP contribution in [-0.2, 0) is 19.9 Å². The van der Waals surface area contributed by atoms with Gasteiger partial charge in [-0.25, -0.2) is 4.39 Å². The molecule has 0 aliphatic carbocycles. The van der Waals surface area contributed by atoms with Crippen molar-refractivity contribution in [2.45, 2.75) is 25.7 Å². The van der Waals surface area contributed by atoms with Gasteiger partial charge in [-0.15, -0.1) is 11.6 Å². The van der Waals surface area contributed by atoms with Gasteiger partial charge in [0.1, 0.15) is 5.82 Å². The zero-order valence-corrected chi connectivity index (χ0v) is 13.0. The molecule has 0 saturated heterocycles. The molecule has 2 nitrogen and oxygen atoms in total. The third kappa shape index (κ3) is 3.15. The number of hydrogen-bond acceptors (Lipinski definition) is 1. The summed E-state index contributed by atoms with van der Waals surface area (Å²) in [4.78, 5) is 0. The van der Waals surface area contributed by atoms with Crippen LogP contribution < -0.4 is 0 Å². The maximum absolute atomic E-state index is 13.3. The third-order valence-electron chi connectivity index (χ3n) is 3.45. The molecule has 0 amide bonds. The maximum atomic E-state index is 13.3. The van der Waals surface area contributed by atoms with Crippen molar-refractivity contribution in [3.8, 4) is 0 Å². The highest BCUT2D eigenvalue weighted by molar-refractivity contribution is 6.31. The first-order valence-corrected chi connectivity index (χ1v) is 7.49. The molecule has 108 valence electrons. The second-order valence-corrected chi connectivity index (χ2v) is 5.48. The molecule has 1 aromatic heterocycles. The van der Waals surface area contributed by atoms with Crippen LogP contribution in [0.5, 0.6) is 0 Å². The molecule has 2 aromatic rings. The third-order valence-corrected chi connectivity index (χ3v) is 4.26. The first-order valence-electron chi connectivity index (χ1n) is 6.58. The first-order chi connectivity index (χ1) is 9.56. The van der Waals surface area contributed by atoms with Gasteiger partial charge in [-0.1, -0.05) is 30.7 Å². The molecule has 0 saturated carbocycles. The highest BCUT2D eigenvalue weighted by Gasteiger charge is 2.19. The molecule has 0 spiro atoms. The van der Waals surface area contributed by atoms with Crippen molar-refractivity contribution in [2.24, 2.45) is 7.05 Å². The standard InChI is InChI=1S/C15H17Cl2FN2/c1-3-13-15(17)14(20(2)19-13)8-11(9-16)10-5-4-6-12(18)7-10/h4-7,11H,3,8-9H2,1-2H3. The average molecular weight is 315 g/mol. The predicted molar refractivity (Wildman–Crippen MR) is 81.2 cm³/mol. The Kier molecular flexibility index (Phi) is 5.06. The van der Waals surface area contributed by atoms with E-state index in [1.807, 2.05) is 20.0 Å². The summed E-state index contributed by atoms with van der Waals surface area (Å²) in [6.45, 7) is 2.02. The number of alkyl halides is 1. The molecule has 0 radical (unpaired) electrons. The largest absolute Gasteiger partial charge is 0.271 e. The van der Waals surface area contributed by atoms with Crippen LogP contribution in [0.2, 0.25) is 5.02 Å². The molecule has 1 unspecified atom stereocenters. The lowest BCUT2D eigenvalue weighted by Gasteiger charge is -2.15. The Labute approximate surface area is 128 Å². The van der Waals surface area contributed by atoms with Crippen LogP contribution in [-0.4, -0.2) is 15.7 Å². The number of aryl methyl sites for hydroxylation is 2. The van der Waals surface area contributed by atoms with Gasteiger partial charge in [-0.2, -0.15) is 5.10 Å². The lowest BCUT2D eigenvalue weighted by molar-refractivity contribution is 0.616. The van der Waals surface area contributed by atoms with Crippen molar-refractivity contribution >= 4 is 23.2 Å². The summed E-state index contributed by atoms with van der Waals surface area (Å²) in [7, 11) is 1.87. The molecule has 0 bridgehead atoms. The highest BCUT2D eigenvalue weighted by atomic mass is 35.5. The normalized spacial score (nSPS) is 12.7. The molecular weight excluding hydrogens is 298 g/mol. The molecule has 2 rings (SSSR count). The van der Waals surface area contributed by atoms with Crippen molar-refractivity contribution in [3.63, 3.8) is 0 Å². The van der Waals surface area contributed by atoms with Gasteiger partial charge >= 0.3 is 0 Å². The average Bonchev–Trinajstić information content (AvgIpc) is 2.71. The molecule has 20 heavy (non-hydrogen) atoms. The minimum Gasteiger partial charge on any atom is -0.271 e. The molecule has 0 fully saturated rings. The van der Waals surface area contributed by atoms with Gasteiger partial charge in [0.05, 0.1) is 16.4 Å². The minimum absolute atomic E-state index is 0.0185. The summed E-state index contributed by atoms with van der Waals surface area (Å²) in [5.41, 5.74) is 2.71. The quantitative estimate of drug-likeness (QED) is 0.751. The Bertz CT molecular complexity index is 596. The van der Waals surface area contributed by atoms with Gasteiger partial charge in [0, 0.05) is 18.8 Å². The van der Waals surface area contributed by atoms with Crippen molar-refractivity contribution in [2.75, 3.05) is 5.88 Å². The van der Waals surface area contributed by atoms with Crippen LogP contribution in [0, 0.1) is 5.82 Å². The fourth-order valence-corrected chi connectivity index (χ4v) is 2.96. The van der Waals surface area contributed by atoms with E-state index in [1.165, 1.54) is 12.1 Å². The number of rotatable bonds is 5. The Balaban J connectivity index is 2.29. The van der Waals surface area contributed by atoms with E-state index in [2.05, 4.69) is 5.10 Å². The topological polar surface area (TPSA) is 17.8 Å². The van der Waals surface area contributed by atoms with Crippen LogP contribution in [0.3, 0.4) is 0 Å². The SMILES string of the molecule is CCc1nn(C)c(CC(CCl)c2cccc(F)c2)c1Cl. The second kappa shape index (κ2) is 6.59. The predicted octanol–water partition coefficient (Wildman–Crippen LogP) is 4.34. The molecular formula is C15H17Cl2FN2. The highest BCUT2D eigenvalue weighted by Crippen LogP contribution is 2.28. The second-order valence-electron chi connectivity index (χ2n) is 4.79. The van der Waals surface area contributed by atoms with E-state index < -0.39 is 0 Å². The van der Waals surface area contributed by atoms with E-state index in [9.17, 15) is 4.39 Å². The molecule has 1 atom stereocenters. The van der Waals surface area contributed by atoms with E-state index in [0.717, 1.165) is 23.4 Å². The molecule has 0 N–H and O–H groups in total. The Morgan fingerprint density at radius 1 is 1.40 bits per heavy atom. The van der Waals surface area contributed by atoms with Crippen LogP contribution in [0.15, 0.2) is 24.3 Å². The molecule has 0 aliphatic rings. The van der Waals surface area contributed by atoms with Crippen molar-refractivity contribution in [3.05, 3.63) is 52.1 Å². The number of nitrogens with zero attached hydrogens (tertiary/aromatic N) is 2. The van der Waals surface area contributed by atoms with E-state index in [1.54, 1.807) is 10.7 Å². The van der Waals surface area contributed by atoms with Crippen molar-refractivity contribution in [1.29, 1.82) is 0 Å². The Hall–Kier alpha value is -1.06. The lowest BCUT2D eigenvalue weighted by atomic mass is 9.95. The van der Waals surface area contributed by atoms with E-state index in [0.29, 0.717) is 17.3 Å². The van der Waals surface area contributed by atoms with E-state index in [4.69, 9.17) is 23.2 Å². The van der Waals surface area contributed by atoms with Gasteiger partial charge < -0.3 is 0 Å². The van der Waals surface area contributed by atoms with E-state index >= 15 is 0 Å². The van der Waals surface area contributed by atoms with Gasteiger partial charge in [0.25, 0.3) is 0 Å². The minimum atomic E-state index is -0.247. The van der Waals surface area contributed by atoms with Crippen LogP contribution in [0.4, 0.5) is 4.39 Å². The Morgan fingerprint density at radius 2 is 2.15 bits per heavy atom. The number of aromatic nitrogens is 2. The van der Waals surface area contributed by atoms with Gasteiger partial charge in [0.15, 0.2) is 0 Å². The number of hydrogen-bond donors (Lipinski definition) is 0. The summed E-state index contributed by atoms with van der Waals surface area (Å²) < 4.78 is 15.1. The summed E-state index contributed by atoms with van der Waals surface area (Å²) >= 11 is 12.4. The summed E-state index contributed by atoms with van der Waals surface area (Å²) in [6.07, 6.45) is 1.44. The molecule has 1 aromatic carbocycles. The molecule has 0 aliphatic heterocycles. The number of halogens is 3. The maximum Gasteiger partial charge on any atom is 0.123 e. The fourth-order valence-electron chi connectivity index (χ4n) is 2.30. The molecule has 1 heterocycles. The van der Waals surface area contributed by atoms with Crippen LogP contribution >= 0.6 is 23.2 Å². The van der Waals surface area contributed by atoms with E-state index in [-0.39, 0.29) is 11.7 Å². The van der Waals surface area contributed by atoms with Crippen molar-refractivity contribution < 1.29 is 4.39 Å². The summed E-state index contributed by atoms with van der Waals surface area (Å²) in [5, 5.41) is 5.09. The van der Waals surface area contributed by atoms with Crippen LogP contribution in [0.25, 0.3) is 0 Å². The summed E-state index contributed by atoms with van der Waals surface area (Å²) in [6, 6.07) is 6.55.